The third-order valence-electron chi connectivity index (χ3n) is 2.21. The van der Waals surface area contributed by atoms with E-state index in [1.165, 1.54) is 13.2 Å². The normalized spacial score (nSPS) is 13.5. The van der Waals surface area contributed by atoms with E-state index in [9.17, 15) is 4.39 Å². The summed E-state index contributed by atoms with van der Waals surface area (Å²) < 4.78 is 22.9. The zero-order chi connectivity index (χ0) is 11.8. The van der Waals surface area contributed by atoms with Crippen LogP contribution in [-0.2, 0) is 9.47 Å². The molecule has 0 N–H and O–H groups in total. The minimum Gasteiger partial charge on any atom is -0.494 e. The lowest BCUT2D eigenvalue weighted by Crippen LogP contribution is -2.01. The van der Waals surface area contributed by atoms with E-state index >= 15 is 0 Å². The molecule has 0 aliphatic rings. The maximum atomic E-state index is 13.3. The van der Waals surface area contributed by atoms with Crippen molar-refractivity contribution in [3.8, 4) is 0 Å². The van der Waals surface area contributed by atoms with Crippen LogP contribution >= 0.6 is 0 Å². The molecular weight excluding hydrogens is 195 g/mol. The molecule has 0 saturated heterocycles. The molecule has 0 heterocycles. The van der Waals surface area contributed by atoms with Gasteiger partial charge in [0, 0.05) is 13.7 Å². The molecule has 86 valence electrons. The molecule has 0 fully saturated rings. The summed E-state index contributed by atoms with van der Waals surface area (Å²) in [6.07, 6.45) is 2.17. The van der Waals surface area contributed by atoms with Crippen LogP contribution in [0.2, 0.25) is 0 Å². The quantitative estimate of drug-likeness (QED) is 0.478. The van der Waals surface area contributed by atoms with Crippen molar-refractivity contribution in [2.24, 2.45) is 5.92 Å². The number of methoxy groups -OCH3 is 2. The second-order valence-corrected chi connectivity index (χ2v) is 3.38. The van der Waals surface area contributed by atoms with Gasteiger partial charge in [-0.2, -0.15) is 0 Å². The first-order chi connectivity index (χ1) is 7.02. The molecule has 0 aliphatic carbocycles. The Morgan fingerprint density at radius 3 is 2.47 bits per heavy atom. The number of rotatable bonds is 7. The van der Waals surface area contributed by atoms with Crippen LogP contribution in [0, 0.1) is 5.92 Å². The third-order valence-corrected chi connectivity index (χ3v) is 2.21. The number of halogens is 1. The van der Waals surface area contributed by atoms with E-state index in [1.54, 1.807) is 7.11 Å². The van der Waals surface area contributed by atoms with Crippen molar-refractivity contribution < 1.29 is 13.9 Å². The van der Waals surface area contributed by atoms with Crippen molar-refractivity contribution in [2.45, 2.75) is 13.3 Å². The molecule has 0 spiro atoms. The first-order valence-corrected chi connectivity index (χ1v) is 4.81. The molecule has 2 nitrogen and oxygen atoms in total. The maximum absolute atomic E-state index is 13.3. The third kappa shape index (κ3) is 5.37. The molecular formula is C12H19FO2. The average molecular weight is 214 g/mol. The fourth-order valence-electron chi connectivity index (χ4n) is 0.963. The molecule has 1 unspecified atom stereocenters. The lowest BCUT2D eigenvalue weighted by molar-refractivity contribution is 0.185. The van der Waals surface area contributed by atoms with Crippen LogP contribution in [0.3, 0.4) is 0 Å². The summed E-state index contributed by atoms with van der Waals surface area (Å²) in [6.45, 7) is 9.82. The van der Waals surface area contributed by atoms with E-state index in [1.807, 2.05) is 6.92 Å². The SMILES string of the molecule is C=C(OC)/C(F)=C\C(=C)C(C)CCOC. The van der Waals surface area contributed by atoms with Gasteiger partial charge in [0.15, 0.2) is 5.83 Å². The summed E-state index contributed by atoms with van der Waals surface area (Å²) in [7, 11) is 3.02. The Balaban J connectivity index is 4.27. The predicted octanol–water partition coefficient (Wildman–Crippen LogP) is 3.23. The van der Waals surface area contributed by atoms with Gasteiger partial charge in [-0.15, -0.1) is 0 Å². The summed E-state index contributed by atoms with van der Waals surface area (Å²) in [5.41, 5.74) is 0.711. The summed E-state index contributed by atoms with van der Waals surface area (Å²) >= 11 is 0. The van der Waals surface area contributed by atoms with Crippen LogP contribution in [0.5, 0.6) is 0 Å². The number of hydrogen-bond donors (Lipinski definition) is 0. The Labute approximate surface area is 91.1 Å². The Kier molecular flexibility index (Phi) is 6.71. The van der Waals surface area contributed by atoms with Crippen LogP contribution in [0.1, 0.15) is 13.3 Å². The van der Waals surface area contributed by atoms with Gasteiger partial charge < -0.3 is 9.47 Å². The highest BCUT2D eigenvalue weighted by atomic mass is 19.1. The fraction of sp³-hybridized carbons (Fsp3) is 0.500. The topological polar surface area (TPSA) is 18.5 Å². The first kappa shape index (κ1) is 13.9. The minimum atomic E-state index is -0.480. The minimum absolute atomic E-state index is 0.0232. The van der Waals surface area contributed by atoms with Crippen molar-refractivity contribution in [1.29, 1.82) is 0 Å². The molecule has 0 rings (SSSR count). The molecule has 0 aromatic carbocycles. The summed E-state index contributed by atoms with van der Waals surface area (Å²) in [4.78, 5) is 0. The lowest BCUT2D eigenvalue weighted by atomic mass is 9.99. The zero-order valence-corrected chi connectivity index (χ0v) is 9.68. The fourth-order valence-corrected chi connectivity index (χ4v) is 0.963. The summed E-state index contributed by atoms with van der Waals surface area (Å²) in [6, 6.07) is 0. The van der Waals surface area contributed by atoms with Gasteiger partial charge in [0.1, 0.15) is 5.76 Å². The van der Waals surface area contributed by atoms with E-state index in [-0.39, 0.29) is 11.7 Å². The van der Waals surface area contributed by atoms with Crippen LogP contribution in [-0.4, -0.2) is 20.8 Å². The molecule has 15 heavy (non-hydrogen) atoms. The van der Waals surface area contributed by atoms with E-state index < -0.39 is 5.83 Å². The van der Waals surface area contributed by atoms with Gasteiger partial charge in [-0.1, -0.05) is 20.1 Å². The second-order valence-electron chi connectivity index (χ2n) is 3.38. The van der Waals surface area contributed by atoms with Gasteiger partial charge in [-0.05, 0) is 24.0 Å². The molecule has 0 saturated carbocycles. The van der Waals surface area contributed by atoms with Crippen LogP contribution < -0.4 is 0 Å². The summed E-state index contributed by atoms with van der Waals surface area (Å²) in [5.74, 6) is -0.276. The van der Waals surface area contributed by atoms with E-state index in [2.05, 4.69) is 17.9 Å². The predicted molar refractivity (Wildman–Crippen MR) is 60.1 cm³/mol. The molecule has 0 bridgehead atoms. The number of allylic oxidation sites excluding steroid dienone is 3. The molecule has 0 radical (unpaired) electrons. The smallest absolute Gasteiger partial charge is 0.164 e. The van der Waals surface area contributed by atoms with Gasteiger partial charge in [0.05, 0.1) is 7.11 Å². The van der Waals surface area contributed by atoms with E-state index in [0.29, 0.717) is 12.2 Å². The molecule has 3 heteroatoms. The Morgan fingerprint density at radius 1 is 1.40 bits per heavy atom. The molecule has 0 aromatic rings. The summed E-state index contributed by atoms with van der Waals surface area (Å²) in [5, 5.41) is 0. The van der Waals surface area contributed by atoms with E-state index in [0.717, 1.165) is 6.42 Å². The molecule has 0 amide bonds. The Hall–Kier alpha value is -1.09. The molecule has 0 aromatic heterocycles. The van der Waals surface area contributed by atoms with E-state index in [4.69, 9.17) is 4.74 Å². The van der Waals surface area contributed by atoms with Crippen molar-refractivity contribution in [3.63, 3.8) is 0 Å². The van der Waals surface area contributed by atoms with Gasteiger partial charge in [0.25, 0.3) is 0 Å². The highest BCUT2D eigenvalue weighted by molar-refractivity contribution is 5.27. The number of ether oxygens (including phenoxy) is 2. The molecule has 0 aliphatic heterocycles. The highest BCUT2D eigenvalue weighted by Crippen LogP contribution is 2.19. The van der Waals surface area contributed by atoms with Gasteiger partial charge >= 0.3 is 0 Å². The molecule has 1 atom stereocenters. The number of hydrogen-bond acceptors (Lipinski definition) is 2. The monoisotopic (exact) mass is 214 g/mol. The van der Waals surface area contributed by atoms with Crippen molar-refractivity contribution in [2.75, 3.05) is 20.8 Å². The highest BCUT2D eigenvalue weighted by Gasteiger charge is 2.07. The van der Waals surface area contributed by atoms with Crippen LogP contribution in [0.25, 0.3) is 0 Å². The Morgan fingerprint density at radius 2 is 2.00 bits per heavy atom. The van der Waals surface area contributed by atoms with Crippen LogP contribution in [0.4, 0.5) is 4.39 Å². The van der Waals surface area contributed by atoms with Gasteiger partial charge in [-0.25, -0.2) is 4.39 Å². The zero-order valence-electron chi connectivity index (χ0n) is 9.68. The van der Waals surface area contributed by atoms with Gasteiger partial charge in [-0.3, -0.25) is 0 Å². The van der Waals surface area contributed by atoms with Crippen LogP contribution in [0.15, 0.2) is 36.4 Å². The van der Waals surface area contributed by atoms with Crippen molar-refractivity contribution in [1.82, 2.24) is 0 Å². The second kappa shape index (κ2) is 7.23. The Bertz CT molecular complexity index is 256. The standard InChI is InChI=1S/C12H19FO2/c1-9(6-7-14-4)10(2)8-12(13)11(3)15-5/h8-9H,2-3,6-7H2,1,4-5H3/b12-8+. The lowest BCUT2D eigenvalue weighted by Gasteiger charge is -2.11. The van der Waals surface area contributed by atoms with Gasteiger partial charge in [0.2, 0.25) is 0 Å². The van der Waals surface area contributed by atoms with Crippen molar-refractivity contribution in [3.05, 3.63) is 36.4 Å². The van der Waals surface area contributed by atoms with Crippen molar-refractivity contribution >= 4 is 0 Å². The largest absolute Gasteiger partial charge is 0.494 e. The maximum Gasteiger partial charge on any atom is 0.164 e. The first-order valence-electron chi connectivity index (χ1n) is 4.81. The average Bonchev–Trinajstić information content (AvgIpc) is 2.24.